The van der Waals surface area contributed by atoms with Crippen molar-refractivity contribution >= 4 is 44.7 Å². The van der Waals surface area contributed by atoms with Crippen molar-refractivity contribution < 1.29 is 23.3 Å². The first kappa shape index (κ1) is 35.2. The Hall–Kier alpha value is -4.19. The molecule has 10 nitrogen and oxygen atoms in total. The van der Waals surface area contributed by atoms with E-state index in [1.807, 2.05) is 40.9 Å². The van der Waals surface area contributed by atoms with E-state index >= 15 is 0 Å². The zero-order valence-corrected chi connectivity index (χ0v) is 30.4. The van der Waals surface area contributed by atoms with E-state index in [-0.39, 0.29) is 23.8 Å². The van der Waals surface area contributed by atoms with Gasteiger partial charge in [0.1, 0.15) is 21.3 Å². The van der Waals surface area contributed by atoms with Crippen molar-refractivity contribution in [2.75, 3.05) is 30.9 Å². The quantitative estimate of drug-likeness (QED) is 0.226. The number of fused-ring (bicyclic) bond motifs is 4. The fourth-order valence-corrected chi connectivity index (χ4v) is 9.16. The number of allylic oxidation sites excluding steroid dienone is 1. The molecule has 1 aliphatic carbocycles. The van der Waals surface area contributed by atoms with Crippen LogP contribution in [0.2, 0.25) is 5.02 Å². The van der Waals surface area contributed by atoms with E-state index in [2.05, 4.69) is 43.3 Å². The number of ether oxygens (including phenoxy) is 2. The molecule has 51 heavy (non-hydrogen) atoms. The summed E-state index contributed by atoms with van der Waals surface area (Å²) in [7, 11) is -1.73. The third-order valence-electron chi connectivity index (χ3n) is 10.2. The summed E-state index contributed by atoms with van der Waals surface area (Å²) in [5.74, 6) is 0.233. The molecular formula is C39H44ClN5O5S. The fraction of sp³-hybridized carbons (Fsp3) is 0.410. The molecule has 1 fully saturated rings. The summed E-state index contributed by atoms with van der Waals surface area (Å²) in [4.78, 5) is 34.0. The van der Waals surface area contributed by atoms with Gasteiger partial charge in [0.2, 0.25) is 5.91 Å². The van der Waals surface area contributed by atoms with Crippen molar-refractivity contribution in [1.82, 2.24) is 14.1 Å². The molecule has 0 saturated heterocycles. The zero-order valence-electron chi connectivity index (χ0n) is 28.8. The van der Waals surface area contributed by atoms with Crippen LogP contribution in [-0.4, -0.2) is 57.5 Å². The molecule has 4 heterocycles. The Balaban J connectivity index is 1.26. The Labute approximate surface area is 304 Å². The summed E-state index contributed by atoms with van der Waals surface area (Å²) in [6, 6.07) is 17.0. The molecule has 2 aromatic carbocycles. The molecule has 0 radical (unpaired) electrons. The molecule has 0 spiro atoms. The highest BCUT2D eigenvalue weighted by atomic mass is 35.5. The number of hydrogen-bond donors (Lipinski definition) is 1. The van der Waals surface area contributed by atoms with Gasteiger partial charge in [0.25, 0.3) is 5.91 Å². The number of aromatic nitrogens is 2. The Morgan fingerprint density at radius 3 is 2.82 bits per heavy atom. The van der Waals surface area contributed by atoms with Gasteiger partial charge in [-0.2, -0.15) is 0 Å². The SMILES string of the molecule is CO[C@H]1/C=C/CCCS(=O)(NC(=O)Cc2cn3ccccc3n2)=NC(=O)c2ccc3c(c2)N(Cc2ccc(Cl)cc2CCCCO3)C[C@@H]2CC[C@H]21. The molecule has 4 atom stereocenters. The van der Waals surface area contributed by atoms with E-state index in [1.165, 1.54) is 11.1 Å². The van der Waals surface area contributed by atoms with Crippen LogP contribution in [0.15, 0.2) is 83.5 Å². The number of halogens is 1. The smallest absolute Gasteiger partial charge is 0.286 e. The average molecular weight is 730 g/mol. The van der Waals surface area contributed by atoms with E-state index in [9.17, 15) is 13.8 Å². The number of aryl methyl sites for hydroxylation is 1. The number of anilines is 1. The summed E-state index contributed by atoms with van der Waals surface area (Å²) in [6.45, 7) is 1.87. The van der Waals surface area contributed by atoms with Crippen LogP contribution in [0.5, 0.6) is 5.75 Å². The number of methoxy groups -OCH3 is 1. The lowest BCUT2D eigenvalue weighted by atomic mass is 9.70. The van der Waals surface area contributed by atoms with Crippen molar-refractivity contribution in [3.05, 3.63) is 107 Å². The molecule has 2 aliphatic heterocycles. The first-order chi connectivity index (χ1) is 24.8. The number of benzene rings is 2. The number of hydrogen-bond acceptors (Lipinski definition) is 7. The van der Waals surface area contributed by atoms with E-state index in [1.54, 1.807) is 25.4 Å². The fourth-order valence-electron chi connectivity index (χ4n) is 7.37. The van der Waals surface area contributed by atoms with Crippen molar-refractivity contribution in [2.24, 2.45) is 16.2 Å². The van der Waals surface area contributed by atoms with Gasteiger partial charge in [0.05, 0.1) is 36.3 Å². The van der Waals surface area contributed by atoms with E-state index in [0.29, 0.717) is 59.9 Å². The number of carbonyl (C=O) groups excluding carboxylic acids is 2. The minimum absolute atomic E-state index is 0.0171. The zero-order chi connectivity index (χ0) is 35.4. The topological polar surface area (TPSA) is 115 Å². The first-order valence-electron chi connectivity index (χ1n) is 17.8. The molecule has 2 amide bonds. The number of nitrogens with zero attached hydrogens (tertiary/aromatic N) is 4. The van der Waals surface area contributed by atoms with Gasteiger partial charge in [0.15, 0.2) is 0 Å². The average Bonchev–Trinajstić information content (AvgIpc) is 3.49. The van der Waals surface area contributed by atoms with Crippen molar-refractivity contribution in [1.29, 1.82) is 0 Å². The minimum Gasteiger partial charge on any atom is -0.491 e. The normalized spacial score (nSPS) is 24.9. The minimum atomic E-state index is -3.48. The van der Waals surface area contributed by atoms with Crippen molar-refractivity contribution in [3.8, 4) is 5.75 Å². The molecule has 1 unspecified atom stereocenters. The van der Waals surface area contributed by atoms with Crippen LogP contribution in [0.25, 0.3) is 5.65 Å². The number of nitrogens with one attached hydrogen (secondary N) is 1. The number of rotatable bonds is 4. The number of amides is 2. The van der Waals surface area contributed by atoms with E-state index < -0.39 is 21.7 Å². The molecule has 3 aliphatic rings. The maximum absolute atomic E-state index is 14.4. The maximum Gasteiger partial charge on any atom is 0.286 e. The van der Waals surface area contributed by atoms with Gasteiger partial charge in [-0.1, -0.05) is 35.9 Å². The molecule has 1 saturated carbocycles. The van der Waals surface area contributed by atoms with Crippen LogP contribution >= 0.6 is 11.6 Å². The van der Waals surface area contributed by atoms with Gasteiger partial charge in [-0.3, -0.25) is 14.3 Å². The monoisotopic (exact) mass is 729 g/mol. The highest BCUT2D eigenvalue weighted by molar-refractivity contribution is 7.92. The first-order valence-corrected chi connectivity index (χ1v) is 19.8. The lowest BCUT2D eigenvalue weighted by Gasteiger charge is -2.43. The lowest BCUT2D eigenvalue weighted by Crippen LogP contribution is -2.43. The van der Waals surface area contributed by atoms with Crippen molar-refractivity contribution in [2.45, 2.75) is 64.0 Å². The molecule has 268 valence electrons. The summed E-state index contributed by atoms with van der Waals surface area (Å²) >= 11 is 6.46. The van der Waals surface area contributed by atoms with Crippen LogP contribution in [0.3, 0.4) is 0 Å². The molecule has 12 heteroatoms. The van der Waals surface area contributed by atoms with Crippen LogP contribution in [0.4, 0.5) is 5.69 Å². The summed E-state index contributed by atoms with van der Waals surface area (Å²) in [5, 5.41) is 0.713. The van der Waals surface area contributed by atoms with E-state index in [4.69, 9.17) is 21.1 Å². The van der Waals surface area contributed by atoms with Gasteiger partial charge in [-0.15, -0.1) is 4.36 Å². The van der Waals surface area contributed by atoms with Crippen molar-refractivity contribution in [3.63, 3.8) is 0 Å². The summed E-state index contributed by atoms with van der Waals surface area (Å²) in [5.41, 5.74) is 4.68. The standard InChI is InChI=1S/C39H44ClN5O5S/c1-49-35-10-3-2-8-20-51(48,42-38(46)23-32-26-44-18-6-4-11-37(44)41-32)43-39(47)28-14-17-36-34(22-28)45(25-30-13-16-33(30)35)24-29-12-15-31(40)21-27(29)9-5-7-19-50-36/h3-4,6,10-12,14-15,17-18,21-22,26,30,33,35H,2,5,7-9,13,16,19-20,23-25H2,1H3,(H,42,43,46,47,48)/b10-3+/t30-,33+,35-,51?/m0/s1. The van der Waals surface area contributed by atoms with Gasteiger partial charge < -0.3 is 18.8 Å². The number of carbonyl (C=O) groups is 2. The molecule has 2 aromatic heterocycles. The highest BCUT2D eigenvalue weighted by Gasteiger charge is 2.38. The largest absolute Gasteiger partial charge is 0.491 e. The summed E-state index contributed by atoms with van der Waals surface area (Å²) < 4.78 is 35.4. The molecule has 2 bridgehead atoms. The van der Waals surface area contributed by atoms with Gasteiger partial charge in [-0.25, -0.2) is 9.19 Å². The second-order valence-corrected chi connectivity index (χ2v) is 16.2. The number of pyridine rings is 1. The van der Waals surface area contributed by atoms with Gasteiger partial charge >= 0.3 is 0 Å². The second kappa shape index (κ2) is 15.6. The molecule has 7 rings (SSSR count). The Kier molecular flexibility index (Phi) is 10.8. The molecule has 4 aromatic rings. The maximum atomic E-state index is 14.4. The summed E-state index contributed by atoms with van der Waals surface area (Å²) in [6.07, 6.45) is 13.5. The Morgan fingerprint density at radius 2 is 2.00 bits per heavy atom. The van der Waals surface area contributed by atoms with Gasteiger partial charge in [-0.05, 0) is 110 Å². The predicted octanol–water partition coefficient (Wildman–Crippen LogP) is 6.98. The second-order valence-electron chi connectivity index (χ2n) is 13.7. The Morgan fingerprint density at radius 1 is 1.10 bits per heavy atom. The Bertz CT molecular complexity index is 2040. The highest BCUT2D eigenvalue weighted by Crippen LogP contribution is 2.42. The third-order valence-corrected chi connectivity index (χ3v) is 12.3. The van der Waals surface area contributed by atoms with Gasteiger partial charge in [0, 0.05) is 43.2 Å². The predicted molar refractivity (Wildman–Crippen MR) is 200 cm³/mol. The lowest BCUT2D eigenvalue weighted by molar-refractivity contribution is -0.118. The third kappa shape index (κ3) is 8.32. The van der Waals surface area contributed by atoms with Crippen LogP contribution in [-0.2, 0) is 38.8 Å². The van der Waals surface area contributed by atoms with E-state index in [0.717, 1.165) is 44.3 Å². The van der Waals surface area contributed by atoms with Crippen LogP contribution < -0.4 is 14.4 Å². The molecule has 1 N–H and O–H groups in total. The van der Waals surface area contributed by atoms with Crippen LogP contribution in [0, 0.1) is 11.8 Å². The van der Waals surface area contributed by atoms with Crippen LogP contribution in [0.1, 0.15) is 65.7 Å². The molecular weight excluding hydrogens is 686 g/mol. The number of imidazole rings is 1.